The van der Waals surface area contributed by atoms with Gasteiger partial charge in [0.2, 0.25) is 5.91 Å². The molecule has 0 saturated heterocycles. The van der Waals surface area contributed by atoms with Crippen molar-refractivity contribution >= 4 is 11.9 Å². The Morgan fingerprint density at radius 1 is 0.362 bits per heavy atom. The van der Waals surface area contributed by atoms with Crippen LogP contribution in [0.5, 0.6) is 0 Å². The molecule has 6 nitrogen and oxygen atoms in total. The van der Waals surface area contributed by atoms with Crippen molar-refractivity contribution in [2.24, 2.45) is 0 Å². The summed E-state index contributed by atoms with van der Waals surface area (Å²) < 4.78 is 5.48. The lowest BCUT2D eigenvalue weighted by atomic mass is 10.0. The van der Waals surface area contributed by atoms with Gasteiger partial charge in [-0.3, -0.25) is 9.59 Å². The average molecular weight is 1120 g/mol. The molecule has 0 radical (unpaired) electrons. The maximum atomic E-state index is 12.6. The number of aliphatic hydroxyl groups excluding tert-OH is 2. The van der Waals surface area contributed by atoms with Gasteiger partial charge in [-0.25, -0.2) is 0 Å². The second-order valence-electron chi connectivity index (χ2n) is 24.6. The molecule has 0 heterocycles. The molecular formula is C74H139NO5. The highest BCUT2D eigenvalue weighted by atomic mass is 16.5. The van der Waals surface area contributed by atoms with Gasteiger partial charge in [0.25, 0.3) is 0 Å². The lowest BCUT2D eigenvalue weighted by Crippen LogP contribution is -2.45. The first-order valence-corrected chi connectivity index (χ1v) is 35.9. The maximum Gasteiger partial charge on any atom is 0.305 e. The number of amides is 1. The third-order valence-electron chi connectivity index (χ3n) is 16.6. The summed E-state index contributed by atoms with van der Waals surface area (Å²) >= 11 is 0. The Bertz CT molecular complexity index is 1340. The van der Waals surface area contributed by atoms with Gasteiger partial charge in [-0.15, -0.1) is 0 Å². The van der Waals surface area contributed by atoms with Gasteiger partial charge in [0, 0.05) is 12.8 Å². The normalized spacial score (nSPS) is 12.8. The zero-order valence-electron chi connectivity index (χ0n) is 53.8. The maximum absolute atomic E-state index is 12.6. The molecule has 0 aliphatic heterocycles. The molecule has 0 rings (SSSR count). The van der Waals surface area contributed by atoms with Crippen molar-refractivity contribution in [3.63, 3.8) is 0 Å². The second-order valence-corrected chi connectivity index (χ2v) is 24.6. The number of nitrogens with one attached hydrogen (secondary N) is 1. The SMILES string of the molecule is CCCCC/C=C\C/C=C\CCCCCCCCCCCC(=O)OCCCCC/C=C\C=C/CCCCCCCCCCCCC(=O)NC(CO)C(O)CCCCCCCCCCCCCCCCCCCCCCCCCCC. The monoisotopic (exact) mass is 1120 g/mol. The number of carbonyl (C=O) groups is 2. The van der Waals surface area contributed by atoms with Gasteiger partial charge in [0.15, 0.2) is 0 Å². The van der Waals surface area contributed by atoms with Crippen molar-refractivity contribution in [2.45, 2.75) is 398 Å². The topological polar surface area (TPSA) is 95.9 Å². The molecule has 0 fully saturated rings. The van der Waals surface area contributed by atoms with Gasteiger partial charge in [-0.1, -0.05) is 332 Å². The molecule has 3 N–H and O–H groups in total. The van der Waals surface area contributed by atoms with E-state index in [1.807, 2.05) is 0 Å². The highest BCUT2D eigenvalue weighted by molar-refractivity contribution is 5.76. The van der Waals surface area contributed by atoms with Crippen molar-refractivity contribution in [3.8, 4) is 0 Å². The summed E-state index contributed by atoms with van der Waals surface area (Å²) in [6.07, 6.45) is 90.1. The highest BCUT2D eigenvalue weighted by Crippen LogP contribution is 2.19. The first kappa shape index (κ1) is 77.8. The fourth-order valence-corrected chi connectivity index (χ4v) is 11.1. The summed E-state index contributed by atoms with van der Waals surface area (Å²) in [4.78, 5) is 24.7. The van der Waals surface area contributed by atoms with Crippen LogP contribution in [-0.2, 0) is 14.3 Å². The zero-order valence-corrected chi connectivity index (χ0v) is 53.8. The highest BCUT2D eigenvalue weighted by Gasteiger charge is 2.20. The molecule has 0 aliphatic carbocycles. The van der Waals surface area contributed by atoms with Crippen LogP contribution in [0.2, 0.25) is 0 Å². The Morgan fingerprint density at radius 2 is 0.662 bits per heavy atom. The standard InChI is InChI=1S/C74H139NO5/c1-3-5-7-9-11-13-15-17-19-21-23-24-25-26-27-28-31-34-38-42-46-50-54-58-62-66-72(77)71(70-76)75-73(78)67-63-59-55-51-47-43-39-35-32-29-33-37-41-45-49-53-57-61-65-69-80-74(79)68-64-60-56-52-48-44-40-36-30-22-20-18-16-14-12-10-8-6-4-2/h12,14,18,20,37,41,45,49,71-72,76-77H,3-11,13,15-17,19,21-36,38-40,42-44,46-48,50-70H2,1-2H3,(H,75,78)/b14-12-,20-18-,41-37-,49-45-. The molecule has 0 aromatic rings. The molecule has 2 atom stereocenters. The number of aliphatic hydroxyl groups is 2. The van der Waals surface area contributed by atoms with Gasteiger partial charge in [-0.2, -0.15) is 0 Å². The van der Waals surface area contributed by atoms with Gasteiger partial charge < -0.3 is 20.3 Å². The van der Waals surface area contributed by atoms with Crippen LogP contribution in [0.15, 0.2) is 48.6 Å². The molecule has 6 heteroatoms. The molecule has 470 valence electrons. The minimum Gasteiger partial charge on any atom is -0.466 e. The number of hydrogen-bond donors (Lipinski definition) is 3. The van der Waals surface area contributed by atoms with E-state index in [4.69, 9.17) is 4.74 Å². The van der Waals surface area contributed by atoms with Crippen LogP contribution in [0.1, 0.15) is 386 Å². The van der Waals surface area contributed by atoms with Crippen molar-refractivity contribution in [1.29, 1.82) is 0 Å². The Balaban J connectivity index is 3.46. The summed E-state index contributed by atoms with van der Waals surface area (Å²) in [7, 11) is 0. The van der Waals surface area contributed by atoms with Crippen LogP contribution < -0.4 is 5.32 Å². The van der Waals surface area contributed by atoms with E-state index in [0.717, 1.165) is 77.0 Å². The molecule has 1 amide bonds. The number of rotatable bonds is 67. The van der Waals surface area contributed by atoms with Gasteiger partial charge in [0.1, 0.15) is 0 Å². The van der Waals surface area contributed by atoms with Crippen LogP contribution in [-0.4, -0.2) is 47.4 Å². The number of esters is 1. The Morgan fingerprint density at radius 3 is 1.05 bits per heavy atom. The van der Waals surface area contributed by atoms with E-state index in [9.17, 15) is 19.8 Å². The number of carbonyl (C=O) groups excluding carboxylic acids is 2. The molecule has 0 aliphatic rings. The van der Waals surface area contributed by atoms with E-state index < -0.39 is 12.1 Å². The van der Waals surface area contributed by atoms with Crippen molar-refractivity contribution in [2.75, 3.05) is 13.2 Å². The summed E-state index contributed by atoms with van der Waals surface area (Å²) in [5, 5.41) is 23.4. The Kier molecular flexibility index (Phi) is 67.4. The van der Waals surface area contributed by atoms with Crippen molar-refractivity contribution < 1.29 is 24.5 Å². The van der Waals surface area contributed by atoms with Crippen LogP contribution in [0.3, 0.4) is 0 Å². The van der Waals surface area contributed by atoms with Gasteiger partial charge >= 0.3 is 5.97 Å². The first-order chi connectivity index (χ1) is 39.5. The first-order valence-electron chi connectivity index (χ1n) is 35.9. The quantitative estimate of drug-likeness (QED) is 0.0244. The Hall–Kier alpha value is -2.18. The summed E-state index contributed by atoms with van der Waals surface area (Å²) in [6, 6.07) is -0.552. The predicted octanol–water partition coefficient (Wildman–Crippen LogP) is 23.3. The Labute approximate surface area is 499 Å². The van der Waals surface area contributed by atoms with E-state index in [1.165, 1.54) is 276 Å². The largest absolute Gasteiger partial charge is 0.466 e. The van der Waals surface area contributed by atoms with E-state index in [2.05, 4.69) is 67.8 Å². The zero-order chi connectivity index (χ0) is 57.8. The van der Waals surface area contributed by atoms with E-state index in [0.29, 0.717) is 25.9 Å². The lowest BCUT2D eigenvalue weighted by molar-refractivity contribution is -0.143. The fraction of sp³-hybridized carbons (Fsp3) is 0.865. The van der Waals surface area contributed by atoms with Crippen LogP contribution in [0, 0.1) is 0 Å². The molecule has 0 saturated carbocycles. The summed E-state index contributed by atoms with van der Waals surface area (Å²) in [5.41, 5.74) is 0. The molecule has 2 unspecified atom stereocenters. The molecular weight excluding hydrogens is 983 g/mol. The molecule has 0 aromatic carbocycles. The van der Waals surface area contributed by atoms with Gasteiger partial charge in [-0.05, 0) is 89.9 Å². The summed E-state index contributed by atoms with van der Waals surface area (Å²) in [6.45, 7) is 4.92. The number of hydrogen-bond acceptors (Lipinski definition) is 5. The molecule has 80 heavy (non-hydrogen) atoms. The number of allylic oxidation sites excluding steroid dienone is 8. The van der Waals surface area contributed by atoms with E-state index in [1.54, 1.807) is 0 Å². The summed E-state index contributed by atoms with van der Waals surface area (Å²) in [5.74, 6) is -0.0576. The van der Waals surface area contributed by atoms with Crippen LogP contribution in [0.25, 0.3) is 0 Å². The van der Waals surface area contributed by atoms with Gasteiger partial charge in [0.05, 0.1) is 25.4 Å². The van der Waals surface area contributed by atoms with E-state index >= 15 is 0 Å². The average Bonchev–Trinajstić information content (AvgIpc) is 3.46. The smallest absolute Gasteiger partial charge is 0.305 e. The van der Waals surface area contributed by atoms with Crippen molar-refractivity contribution in [3.05, 3.63) is 48.6 Å². The minimum absolute atomic E-state index is 0.0164. The van der Waals surface area contributed by atoms with Crippen LogP contribution in [0.4, 0.5) is 0 Å². The van der Waals surface area contributed by atoms with Crippen molar-refractivity contribution in [1.82, 2.24) is 5.32 Å². The lowest BCUT2D eigenvalue weighted by Gasteiger charge is -2.22. The minimum atomic E-state index is -0.674. The van der Waals surface area contributed by atoms with Crippen LogP contribution >= 0.6 is 0 Å². The molecule has 0 spiro atoms. The second kappa shape index (κ2) is 69.3. The molecule has 0 bridgehead atoms. The predicted molar refractivity (Wildman–Crippen MR) is 352 cm³/mol. The third-order valence-corrected chi connectivity index (χ3v) is 16.6. The van der Waals surface area contributed by atoms with E-state index in [-0.39, 0.29) is 18.5 Å². The number of ether oxygens (including phenoxy) is 1. The fourth-order valence-electron chi connectivity index (χ4n) is 11.1. The number of unbranched alkanes of at least 4 members (excludes halogenated alkanes) is 49. The third kappa shape index (κ3) is 65.0. The molecule has 0 aromatic heterocycles.